The number of aryl methyl sites for hydroxylation is 1. The number of benzene rings is 1. The highest BCUT2D eigenvalue weighted by molar-refractivity contribution is 9.10. The Balaban J connectivity index is 2.27. The summed E-state index contributed by atoms with van der Waals surface area (Å²) >= 11 is 3.33. The maximum atomic E-state index is 12.2. The lowest BCUT2D eigenvalue weighted by atomic mass is 10.2. The van der Waals surface area contributed by atoms with Gasteiger partial charge in [-0.1, -0.05) is 5.16 Å². The van der Waals surface area contributed by atoms with Crippen molar-refractivity contribution in [2.45, 2.75) is 13.8 Å². The molecule has 0 saturated carbocycles. The molecule has 0 aliphatic carbocycles. The quantitative estimate of drug-likeness (QED) is 0.940. The molecule has 0 fully saturated rings. The molecule has 2 rings (SSSR count). The van der Waals surface area contributed by atoms with Crippen LogP contribution in [0.15, 0.2) is 27.2 Å². The fraction of sp³-hybridized carbons (Fsp3) is 0.231. The molecule has 0 aliphatic heterocycles. The summed E-state index contributed by atoms with van der Waals surface area (Å²) in [5.74, 6) is 0.682. The summed E-state index contributed by atoms with van der Waals surface area (Å²) in [5, 5.41) is 6.48. The monoisotopic (exact) mass is 324 g/mol. The Bertz CT molecular complexity index is 622. The Hall–Kier alpha value is -1.82. The van der Waals surface area contributed by atoms with Crippen molar-refractivity contribution in [3.63, 3.8) is 0 Å². The average molecular weight is 325 g/mol. The number of anilines is 1. The summed E-state index contributed by atoms with van der Waals surface area (Å²) in [7, 11) is 1.55. The van der Waals surface area contributed by atoms with Gasteiger partial charge >= 0.3 is 0 Å². The Kier molecular flexibility index (Phi) is 3.90. The lowest BCUT2D eigenvalue weighted by Crippen LogP contribution is -2.13. The molecule has 1 aromatic carbocycles. The van der Waals surface area contributed by atoms with Gasteiger partial charge in [-0.05, 0) is 48.0 Å². The van der Waals surface area contributed by atoms with Gasteiger partial charge in [0.15, 0.2) is 0 Å². The van der Waals surface area contributed by atoms with Crippen LogP contribution in [0.4, 0.5) is 5.88 Å². The molecule has 0 saturated heterocycles. The normalized spacial score (nSPS) is 10.3. The van der Waals surface area contributed by atoms with Gasteiger partial charge in [0.1, 0.15) is 5.75 Å². The molecule has 0 radical (unpaired) electrons. The van der Waals surface area contributed by atoms with Gasteiger partial charge in [-0.2, -0.15) is 0 Å². The van der Waals surface area contributed by atoms with Gasteiger partial charge in [-0.25, -0.2) is 0 Å². The van der Waals surface area contributed by atoms with E-state index in [1.807, 2.05) is 13.8 Å². The van der Waals surface area contributed by atoms with Crippen molar-refractivity contribution in [2.75, 3.05) is 12.4 Å². The first kappa shape index (κ1) is 13.6. The number of hydrogen-bond donors (Lipinski definition) is 1. The third kappa shape index (κ3) is 2.78. The number of halogens is 1. The second-order valence-electron chi connectivity index (χ2n) is 4.02. The number of ether oxygens (including phenoxy) is 1. The molecule has 0 spiro atoms. The Morgan fingerprint density at radius 3 is 2.74 bits per heavy atom. The number of amides is 1. The Morgan fingerprint density at radius 2 is 2.16 bits per heavy atom. The smallest absolute Gasteiger partial charge is 0.259 e. The standard InChI is InChI=1S/C13H13BrN2O3/c1-7-8(2)16-19-13(7)15-12(17)10-6-9(18-3)4-5-11(10)14/h4-6H,1-3H3,(H,15,17). The SMILES string of the molecule is COc1ccc(Br)c(C(=O)Nc2onc(C)c2C)c1. The van der Waals surface area contributed by atoms with Crippen molar-refractivity contribution in [3.8, 4) is 5.75 Å². The van der Waals surface area contributed by atoms with Crippen LogP contribution in [-0.4, -0.2) is 18.2 Å². The van der Waals surface area contributed by atoms with Crippen LogP contribution in [0.1, 0.15) is 21.6 Å². The molecule has 1 heterocycles. The maximum absolute atomic E-state index is 12.2. The van der Waals surface area contributed by atoms with Gasteiger partial charge in [0.05, 0.1) is 18.4 Å². The van der Waals surface area contributed by atoms with E-state index in [1.165, 1.54) is 0 Å². The number of methoxy groups -OCH3 is 1. The van der Waals surface area contributed by atoms with Crippen LogP contribution in [0.3, 0.4) is 0 Å². The van der Waals surface area contributed by atoms with E-state index in [-0.39, 0.29) is 5.91 Å². The molecule has 1 N–H and O–H groups in total. The average Bonchev–Trinajstić information content (AvgIpc) is 2.71. The van der Waals surface area contributed by atoms with Crippen LogP contribution in [0, 0.1) is 13.8 Å². The second-order valence-corrected chi connectivity index (χ2v) is 4.88. The molecule has 0 atom stereocenters. The van der Waals surface area contributed by atoms with E-state index in [1.54, 1.807) is 25.3 Å². The summed E-state index contributed by atoms with van der Waals surface area (Å²) in [4.78, 5) is 12.2. The van der Waals surface area contributed by atoms with Gasteiger partial charge in [0.25, 0.3) is 5.91 Å². The van der Waals surface area contributed by atoms with Crippen molar-refractivity contribution in [1.82, 2.24) is 5.16 Å². The first-order valence-corrected chi connectivity index (χ1v) is 6.40. The summed E-state index contributed by atoms with van der Waals surface area (Å²) in [6.45, 7) is 3.65. The molecule has 1 aromatic heterocycles. The summed E-state index contributed by atoms with van der Waals surface area (Å²) in [6.07, 6.45) is 0. The zero-order chi connectivity index (χ0) is 14.0. The van der Waals surface area contributed by atoms with E-state index in [2.05, 4.69) is 26.4 Å². The zero-order valence-corrected chi connectivity index (χ0v) is 12.4. The minimum absolute atomic E-state index is 0.287. The van der Waals surface area contributed by atoms with Gasteiger partial charge < -0.3 is 9.26 Å². The molecule has 0 unspecified atom stereocenters. The zero-order valence-electron chi connectivity index (χ0n) is 10.8. The van der Waals surface area contributed by atoms with E-state index >= 15 is 0 Å². The molecule has 1 amide bonds. The minimum atomic E-state index is -0.287. The summed E-state index contributed by atoms with van der Waals surface area (Å²) in [6, 6.07) is 5.18. The summed E-state index contributed by atoms with van der Waals surface area (Å²) < 4.78 is 10.8. The minimum Gasteiger partial charge on any atom is -0.497 e. The van der Waals surface area contributed by atoms with Crippen molar-refractivity contribution in [2.24, 2.45) is 0 Å². The Morgan fingerprint density at radius 1 is 1.42 bits per heavy atom. The first-order chi connectivity index (χ1) is 9.02. The number of nitrogens with one attached hydrogen (secondary N) is 1. The molecule has 5 nitrogen and oxygen atoms in total. The number of nitrogens with zero attached hydrogens (tertiary/aromatic N) is 1. The molecule has 0 aliphatic rings. The third-order valence-corrected chi connectivity index (χ3v) is 3.49. The van der Waals surface area contributed by atoms with Gasteiger partial charge in [0, 0.05) is 10.0 Å². The van der Waals surface area contributed by atoms with Gasteiger partial charge in [-0.3, -0.25) is 10.1 Å². The van der Waals surface area contributed by atoms with E-state index in [0.717, 1.165) is 11.3 Å². The van der Waals surface area contributed by atoms with Crippen molar-refractivity contribution >= 4 is 27.7 Å². The largest absolute Gasteiger partial charge is 0.497 e. The highest BCUT2D eigenvalue weighted by Gasteiger charge is 2.16. The van der Waals surface area contributed by atoms with E-state index in [4.69, 9.17) is 9.26 Å². The second kappa shape index (κ2) is 5.44. The fourth-order valence-corrected chi connectivity index (χ4v) is 1.93. The highest BCUT2D eigenvalue weighted by atomic mass is 79.9. The number of hydrogen-bond acceptors (Lipinski definition) is 4. The van der Waals surface area contributed by atoms with Crippen LogP contribution in [-0.2, 0) is 0 Å². The number of carbonyl (C=O) groups excluding carboxylic acids is 1. The topological polar surface area (TPSA) is 64.4 Å². The lowest BCUT2D eigenvalue weighted by Gasteiger charge is -2.07. The van der Waals surface area contributed by atoms with Crippen molar-refractivity contribution in [3.05, 3.63) is 39.5 Å². The molecule has 100 valence electrons. The molecular weight excluding hydrogens is 312 g/mol. The van der Waals surface area contributed by atoms with Crippen LogP contribution >= 0.6 is 15.9 Å². The summed E-state index contributed by atoms with van der Waals surface area (Å²) in [5.41, 5.74) is 2.03. The molecule has 6 heteroatoms. The van der Waals surface area contributed by atoms with Gasteiger partial charge in [0.2, 0.25) is 5.88 Å². The number of rotatable bonds is 3. The fourth-order valence-electron chi connectivity index (χ4n) is 1.51. The van der Waals surface area contributed by atoms with E-state index in [0.29, 0.717) is 21.7 Å². The van der Waals surface area contributed by atoms with Crippen LogP contribution in [0.25, 0.3) is 0 Å². The van der Waals surface area contributed by atoms with E-state index < -0.39 is 0 Å². The predicted molar refractivity (Wildman–Crippen MR) is 74.6 cm³/mol. The molecular formula is C13H13BrN2O3. The van der Waals surface area contributed by atoms with Crippen LogP contribution in [0.5, 0.6) is 5.75 Å². The third-order valence-electron chi connectivity index (χ3n) is 2.80. The Labute approximate surface area is 119 Å². The molecule has 2 aromatic rings. The number of carbonyl (C=O) groups is 1. The maximum Gasteiger partial charge on any atom is 0.259 e. The van der Waals surface area contributed by atoms with Crippen LogP contribution in [0.2, 0.25) is 0 Å². The molecule has 19 heavy (non-hydrogen) atoms. The highest BCUT2D eigenvalue weighted by Crippen LogP contribution is 2.24. The van der Waals surface area contributed by atoms with Crippen molar-refractivity contribution < 1.29 is 14.1 Å². The first-order valence-electron chi connectivity index (χ1n) is 5.60. The van der Waals surface area contributed by atoms with Gasteiger partial charge in [-0.15, -0.1) is 0 Å². The van der Waals surface area contributed by atoms with Crippen molar-refractivity contribution in [1.29, 1.82) is 0 Å². The van der Waals surface area contributed by atoms with Crippen LogP contribution < -0.4 is 10.1 Å². The predicted octanol–water partition coefficient (Wildman–Crippen LogP) is 3.31. The number of aromatic nitrogens is 1. The molecule has 0 bridgehead atoms. The lowest BCUT2D eigenvalue weighted by molar-refractivity contribution is 0.102. The van der Waals surface area contributed by atoms with E-state index in [9.17, 15) is 4.79 Å².